The van der Waals surface area contributed by atoms with Gasteiger partial charge < -0.3 is 9.64 Å². The molecule has 3 nitrogen and oxygen atoms in total. The van der Waals surface area contributed by atoms with Gasteiger partial charge in [0.2, 0.25) is 0 Å². The Kier molecular flexibility index (Phi) is 5.78. The molecule has 0 atom stereocenters. The van der Waals surface area contributed by atoms with E-state index in [1.807, 2.05) is 43.3 Å². The summed E-state index contributed by atoms with van der Waals surface area (Å²) in [5, 5.41) is 0. The van der Waals surface area contributed by atoms with Gasteiger partial charge in [0.1, 0.15) is 11.6 Å². The summed E-state index contributed by atoms with van der Waals surface area (Å²) in [6.07, 6.45) is 0.475. The lowest BCUT2D eigenvalue weighted by molar-refractivity contribution is 0.101. The summed E-state index contributed by atoms with van der Waals surface area (Å²) in [6, 6.07) is 18.6. The Morgan fingerprint density at radius 3 is 2.36 bits per heavy atom. The van der Waals surface area contributed by atoms with Gasteiger partial charge in [-0.05, 0) is 47.9 Å². The van der Waals surface area contributed by atoms with Crippen LogP contribution in [-0.2, 0) is 6.42 Å². The molecule has 0 spiro atoms. The Morgan fingerprint density at radius 2 is 1.75 bits per heavy atom. The van der Waals surface area contributed by atoms with Crippen molar-refractivity contribution in [2.45, 2.75) is 13.3 Å². The number of hydrogen-bond donors (Lipinski definition) is 0. The highest BCUT2D eigenvalue weighted by molar-refractivity contribution is 5.95. The third-order valence-corrected chi connectivity index (χ3v) is 4.81. The average molecular weight is 377 g/mol. The van der Waals surface area contributed by atoms with Gasteiger partial charge in [0.25, 0.3) is 0 Å². The first-order chi connectivity index (χ1) is 13.4. The highest BCUT2D eigenvalue weighted by Gasteiger charge is 2.17. The van der Waals surface area contributed by atoms with Crippen LogP contribution in [0.4, 0.5) is 10.1 Å². The summed E-state index contributed by atoms with van der Waals surface area (Å²) in [4.78, 5) is 13.7. The van der Waals surface area contributed by atoms with Crippen molar-refractivity contribution < 1.29 is 13.9 Å². The van der Waals surface area contributed by atoms with Gasteiger partial charge in [-0.15, -0.1) is 0 Å². The first kappa shape index (κ1) is 19.6. The van der Waals surface area contributed by atoms with E-state index < -0.39 is 0 Å². The van der Waals surface area contributed by atoms with Crippen LogP contribution in [0.5, 0.6) is 5.75 Å². The number of ketones is 1. The summed E-state index contributed by atoms with van der Waals surface area (Å²) in [6.45, 7) is 1.50. The molecule has 0 saturated heterocycles. The van der Waals surface area contributed by atoms with Gasteiger partial charge in [0, 0.05) is 31.8 Å². The van der Waals surface area contributed by atoms with E-state index in [1.165, 1.54) is 14.0 Å². The number of ether oxygens (including phenoxy) is 1. The van der Waals surface area contributed by atoms with Crippen LogP contribution in [0.1, 0.15) is 28.4 Å². The molecule has 0 heterocycles. The SMILES string of the molecule is COc1ccc(Cc2ccc(N(C)C)cc2)c(F)c1-c1cccc(C(C)=O)c1. The zero-order chi connectivity index (χ0) is 20.3. The number of Topliss-reactive ketones (excluding diaryl/α,β-unsaturated/α-hetero) is 1. The van der Waals surface area contributed by atoms with Gasteiger partial charge in [0.05, 0.1) is 12.7 Å². The standard InChI is InChI=1S/C24H24FNO2/c1-16(27)18-6-5-7-19(15-18)23-22(28-4)13-10-20(24(23)25)14-17-8-11-21(12-9-17)26(2)3/h5-13,15H,14H2,1-4H3. The fourth-order valence-corrected chi connectivity index (χ4v) is 3.20. The van der Waals surface area contributed by atoms with E-state index in [1.54, 1.807) is 36.4 Å². The minimum absolute atomic E-state index is 0.0571. The Labute approximate surface area is 165 Å². The van der Waals surface area contributed by atoms with Crippen LogP contribution in [-0.4, -0.2) is 27.0 Å². The van der Waals surface area contributed by atoms with Crippen molar-refractivity contribution in [3.05, 3.63) is 83.2 Å². The number of carbonyl (C=O) groups is 1. The van der Waals surface area contributed by atoms with Gasteiger partial charge in [-0.1, -0.05) is 36.4 Å². The average Bonchev–Trinajstić information content (AvgIpc) is 2.69. The Hall–Kier alpha value is -3.14. The van der Waals surface area contributed by atoms with Gasteiger partial charge >= 0.3 is 0 Å². The highest BCUT2D eigenvalue weighted by atomic mass is 19.1. The molecule has 0 saturated carbocycles. The van der Waals surface area contributed by atoms with E-state index >= 15 is 4.39 Å². The molecule has 0 aliphatic heterocycles. The smallest absolute Gasteiger partial charge is 0.159 e. The molecule has 0 aromatic heterocycles. The van der Waals surface area contributed by atoms with Gasteiger partial charge in [-0.3, -0.25) is 4.79 Å². The first-order valence-electron chi connectivity index (χ1n) is 9.13. The van der Waals surface area contributed by atoms with Gasteiger partial charge in [-0.25, -0.2) is 4.39 Å². The van der Waals surface area contributed by atoms with Crippen molar-refractivity contribution in [3.63, 3.8) is 0 Å². The minimum Gasteiger partial charge on any atom is -0.496 e. The molecule has 4 heteroatoms. The number of nitrogens with zero attached hydrogens (tertiary/aromatic N) is 1. The summed E-state index contributed by atoms with van der Waals surface area (Å²) >= 11 is 0. The maximum absolute atomic E-state index is 15.5. The fraction of sp³-hybridized carbons (Fsp3) is 0.208. The first-order valence-corrected chi connectivity index (χ1v) is 9.13. The molecular formula is C24H24FNO2. The molecule has 28 heavy (non-hydrogen) atoms. The quantitative estimate of drug-likeness (QED) is 0.542. The summed E-state index contributed by atoms with van der Waals surface area (Å²) < 4.78 is 20.9. The molecule has 0 amide bonds. The molecule has 0 radical (unpaired) electrons. The van der Waals surface area contributed by atoms with Crippen molar-refractivity contribution in [2.24, 2.45) is 0 Å². The number of hydrogen-bond acceptors (Lipinski definition) is 3. The molecule has 0 aliphatic carbocycles. The molecule has 3 aromatic carbocycles. The predicted molar refractivity (Wildman–Crippen MR) is 112 cm³/mol. The van der Waals surface area contributed by atoms with Gasteiger partial charge in [0.15, 0.2) is 5.78 Å². The number of carbonyl (C=O) groups excluding carboxylic acids is 1. The Balaban J connectivity index is 2.02. The van der Waals surface area contributed by atoms with Crippen LogP contribution in [0.25, 0.3) is 11.1 Å². The molecule has 0 unspecified atom stereocenters. The summed E-state index contributed by atoms with van der Waals surface area (Å²) in [5.41, 5.74) is 4.27. The lowest BCUT2D eigenvalue weighted by Crippen LogP contribution is -2.08. The lowest BCUT2D eigenvalue weighted by atomic mass is 9.95. The molecule has 3 aromatic rings. The normalized spacial score (nSPS) is 10.6. The monoisotopic (exact) mass is 377 g/mol. The van der Waals surface area contributed by atoms with E-state index in [9.17, 15) is 4.79 Å². The lowest BCUT2D eigenvalue weighted by Gasteiger charge is -2.15. The minimum atomic E-state index is -0.322. The topological polar surface area (TPSA) is 29.5 Å². The summed E-state index contributed by atoms with van der Waals surface area (Å²) in [7, 11) is 5.49. The van der Waals surface area contributed by atoms with Crippen LogP contribution >= 0.6 is 0 Å². The van der Waals surface area contributed by atoms with Crippen LogP contribution in [0.15, 0.2) is 60.7 Å². The van der Waals surface area contributed by atoms with Crippen LogP contribution < -0.4 is 9.64 Å². The fourth-order valence-electron chi connectivity index (χ4n) is 3.20. The van der Waals surface area contributed by atoms with E-state index in [4.69, 9.17) is 4.74 Å². The molecule has 144 valence electrons. The second-order valence-electron chi connectivity index (χ2n) is 6.99. The maximum atomic E-state index is 15.5. The van der Waals surface area contributed by atoms with Crippen LogP contribution in [0.3, 0.4) is 0 Å². The van der Waals surface area contributed by atoms with Gasteiger partial charge in [-0.2, -0.15) is 0 Å². The van der Waals surface area contributed by atoms with E-state index in [0.29, 0.717) is 34.4 Å². The number of methoxy groups -OCH3 is 1. The van der Waals surface area contributed by atoms with Crippen molar-refractivity contribution >= 4 is 11.5 Å². The maximum Gasteiger partial charge on any atom is 0.159 e. The number of anilines is 1. The second-order valence-corrected chi connectivity index (χ2v) is 6.99. The molecule has 0 aliphatic rings. The summed E-state index contributed by atoms with van der Waals surface area (Å²) in [5.74, 6) is 0.0695. The van der Waals surface area contributed by atoms with Crippen molar-refractivity contribution in [1.82, 2.24) is 0 Å². The number of benzene rings is 3. The highest BCUT2D eigenvalue weighted by Crippen LogP contribution is 2.35. The third kappa shape index (κ3) is 4.06. The largest absolute Gasteiger partial charge is 0.496 e. The number of rotatable bonds is 6. The Bertz CT molecular complexity index is 994. The molecule has 0 bridgehead atoms. The van der Waals surface area contributed by atoms with Crippen molar-refractivity contribution in [2.75, 3.05) is 26.1 Å². The zero-order valence-electron chi connectivity index (χ0n) is 16.6. The Morgan fingerprint density at radius 1 is 1.04 bits per heavy atom. The molecule has 0 N–H and O–H groups in total. The van der Waals surface area contributed by atoms with E-state index in [-0.39, 0.29) is 11.6 Å². The molecule has 0 fully saturated rings. The number of halogens is 1. The van der Waals surface area contributed by atoms with Crippen LogP contribution in [0.2, 0.25) is 0 Å². The van der Waals surface area contributed by atoms with Crippen LogP contribution in [0, 0.1) is 5.82 Å². The third-order valence-electron chi connectivity index (χ3n) is 4.81. The van der Waals surface area contributed by atoms with Crippen molar-refractivity contribution in [1.29, 1.82) is 0 Å². The van der Waals surface area contributed by atoms with E-state index in [0.717, 1.165) is 11.3 Å². The van der Waals surface area contributed by atoms with Crippen molar-refractivity contribution in [3.8, 4) is 16.9 Å². The molecular weight excluding hydrogens is 353 g/mol. The zero-order valence-corrected chi connectivity index (χ0v) is 16.6. The second kappa shape index (κ2) is 8.26. The molecule has 3 rings (SSSR count). The van der Waals surface area contributed by atoms with E-state index in [2.05, 4.69) is 0 Å². The predicted octanol–water partition coefficient (Wildman–Crippen LogP) is 5.36.